The molecule has 9 nitrogen and oxygen atoms in total. The Balaban J connectivity index is 1.65. The second kappa shape index (κ2) is 8.94. The number of ether oxygens (including phenoxy) is 1. The maximum atomic E-state index is 9.93. The van der Waals surface area contributed by atoms with Gasteiger partial charge in [-0.1, -0.05) is 6.92 Å². The van der Waals surface area contributed by atoms with E-state index in [2.05, 4.69) is 31.8 Å². The molecule has 0 radical (unpaired) electrons. The lowest BCUT2D eigenvalue weighted by molar-refractivity contribution is 0.136. The summed E-state index contributed by atoms with van der Waals surface area (Å²) in [6.45, 7) is 8.29. The monoisotopic (exact) mass is 433 g/mol. The van der Waals surface area contributed by atoms with Crippen LogP contribution in [0.4, 0.5) is 17.5 Å². The number of hydrogen-bond acceptors (Lipinski definition) is 8. The van der Waals surface area contributed by atoms with E-state index in [9.17, 15) is 10.4 Å². The van der Waals surface area contributed by atoms with Crippen LogP contribution in [0.2, 0.25) is 0 Å². The normalized spacial score (nSPS) is 17.0. The summed E-state index contributed by atoms with van der Waals surface area (Å²) in [4.78, 5) is 9.03. The standard InChI is InChI=1S/C23H27N7O2/c1-4-32-8-7-30-20(9-15(2)29-30)28-22-25-6-5-19(27-22)16-10-17(12-24)21-18(11-16)23(3,14-31)13-26-21/h5-6,9-11,26,31H,4,7-8,13-14H2,1-3H3,(H,25,27,28)/t23-/m1/s1. The highest BCUT2D eigenvalue weighted by molar-refractivity contribution is 5.76. The molecule has 0 amide bonds. The quantitative estimate of drug-likeness (QED) is 0.464. The third-order valence-electron chi connectivity index (χ3n) is 5.66. The average Bonchev–Trinajstić information content (AvgIpc) is 3.33. The molecule has 3 heterocycles. The molecule has 0 unspecified atom stereocenters. The first-order valence-corrected chi connectivity index (χ1v) is 10.6. The highest BCUT2D eigenvalue weighted by Crippen LogP contribution is 2.41. The fraction of sp³-hybridized carbons (Fsp3) is 0.391. The average molecular weight is 434 g/mol. The van der Waals surface area contributed by atoms with Crippen LogP contribution in [0.25, 0.3) is 11.3 Å². The minimum atomic E-state index is -0.449. The van der Waals surface area contributed by atoms with Crippen molar-refractivity contribution < 1.29 is 9.84 Å². The maximum Gasteiger partial charge on any atom is 0.228 e. The SMILES string of the molecule is CCOCCn1nc(C)cc1Nc1nccc(-c2cc(C#N)c3c(c2)[C@@](C)(CO)CN3)n1. The van der Waals surface area contributed by atoms with Gasteiger partial charge in [-0.05, 0) is 37.6 Å². The van der Waals surface area contributed by atoms with Crippen molar-refractivity contribution in [1.29, 1.82) is 5.26 Å². The van der Waals surface area contributed by atoms with Gasteiger partial charge in [0.1, 0.15) is 11.9 Å². The molecule has 0 spiro atoms. The number of nitrogens with one attached hydrogen (secondary N) is 2. The molecule has 1 aromatic carbocycles. The summed E-state index contributed by atoms with van der Waals surface area (Å²) in [6, 6.07) is 9.82. The van der Waals surface area contributed by atoms with E-state index in [-0.39, 0.29) is 6.61 Å². The summed E-state index contributed by atoms with van der Waals surface area (Å²) in [6.07, 6.45) is 1.68. The number of anilines is 3. The van der Waals surface area contributed by atoms with E-state index in [0.717, 1.165) is 28.3 Å². The van der Waals surface area contributed by atoms with Crippen molar-refractivity contribution >= 4 is 17.5 Å². The molecule has 3 N–H and O–H groups in total. The minimum Gasteiger partial charge on any atom is -0.395 e. The topological polar surface area (TPSA) is 121 Å². The van der Waals surface area contributed by atoms with Crippen LogP contribution in [0.1, 0.15) is 30.7 Å². The number of rotatable bonds is 8. The van der Waals surface area contributed by atoms with Crippen LogP contribution in [0.3, 0.4) is 0 Å². The molecule has 2 aromatic heterocycles. The van der Waals surface area contributed by atoms with Gasteiger partial charge >= 0.3 is 0 Å². The first-order chi connectivity index (χ1) is 15.5. The van der Waals surface area contributed by atoms with Crippen LogP contribution in [-0.4, -0.2) is 51.2 Å². The van der Waals surface area contributed by atoms with E-state index in [1.54, 1.807) is 6.20 Å². The molecule has 1 atom stereocenters. The van der Waals surface area contributed by atoms with Gasteiger partial charge in [-0.2, -0.15) is 10.4 Å². The minimum absolute atomic E-state index is 0.0109. The molecular formula is C23H27N7O2. The lowest BCUT2D eigenvalue weighted by Crippen LogP contribution is -2.28. The van der Waals surface area contributed by atoms with Gasteiger partial charge in [0.05, 0.1) is 42.4 Å². The predicted molar refractivity (Wildman–Crippen MR) is 122 cm³/mol. The maximum absolute atomic E-state index is 9.93. The smallest absolute Gasteiger partial charge is 0.228 e. The molecule has 9 heteroatoms. The zero-order chi connectivity index (χ0) is 22.7. The molecule has 0 saturated heterocycles. The third-order valence-corrected chi connectivity index (χ3v) is 5.66. The molecule has 0 aliphatic carbocycles. The van der Waals surface area contributed by atoms with E-state index >= 15 is 0 Å². The van der Waals surface area contributed by atoms with E-state index in [1.165, 1.54) is 0 Å². The van der Waals surface area contributed by atoms with Crippen molar-refractivity contribution in [1.82, 2.24) is 19.7 Å². The number of aromatic nitrogens is 4. The number of nitrogens with zero attached hydrogens (tertiary/aromatic N) is 5. The lowest BCUT2D eigenvalue weighted by atomic mass is 9.83. The molecule has 0 saturated carbocycles. The number of hydrogen-bond donors (Lipinski definition) is 3. The predicted octanol–water partition coefficient (Wildman–Crippen LogP) is 2.98. The Morgan fingerprint density at radius 3 is 2.97 bits per heavy atom. The largest absolute Gasteiger partial charge is 0.395 e. The first kappa shape index (κ1) is 21.7. The Labute approximate surface area is 187 Å². The summed E-state index contributed by atoms with van der Waals surface area (Å²) in [5.41, 5.74) is 4.16. The van der Waals surface area contributed by atoms with Gasteiger partial charge in [0.2, 0.25) is 5.95 Å². The number of aliphatic hydroxyl groups excluding tert-OH is 1. The Morgan fingerprint density at radius 2 is 2.22 bits per heavy atom. The van der Waals surface area contributed by atoms with Gasteiger partial charge in [-0.15, -0.1) is 0 Å². The molecule has 1 aliphatic rings. The molecule has 1 aliphatic heterocycles. The molecule has 32 heavy (non-hydrogen) atoms. The number of aliphatic hydroxyl groups is 1. The summed E-state index contributed by atoms with van der Waals surface area (Å²) in [7, 11) is 0. The van der Waals surface area contributed by atoms with Gasteiger partial charge in [-0.3, -0.25) is 0 Å². The van der Waals surface area contributed by atoms with Gasteiger partial charge in [0.15, 0.2) is 0 Å². The number of nitriles is 1. The zero-order valence-corrected chi connectivity index (χ0v) is 18.5. The summed E-state index contributed by atoms with van der Waals surface area (Å²) in [5, 5.41) is 30.6. The first-order valence-electron chi connectivity index (χ1n) is 10.6. The van der Waals surface area contributed by atoms with Crippen molar-refractivity contribution in [3.05, 3.63) is 47.3 Å². The Kier molecular flexibility index (Phi) is 6.08. The third kappa shape index (κ3) is 4.15. The second-order valence-corrected chi connectivity index (χ2v) is 8.11. The molecule has 166 valence electrons. The van der Waals surface area contributed by atoms with Crippen molar-refractivity contribution in [2.45, 2.75) is 32.7 Å². The molecule has 4 rings (SSSR count). The van der Waals surface area contributed by atoms with E-state index < -0.39 is 5.41 Å². The van der Waals surface area contributed by atoms with Crippen molar-refractivity contribution in [3.8, 4) is 17.3 Å². The second-order valence-electron chi connectivity index (χ2n) is 8.11. The summed E-state index contributed by atoms with van der Waals surface area (Å²) >= 11 is 0. The summed E-state index contributed by atoms with van der Waals surface area (Å²) in [5.74, 6) is 1.21. The van der Waals surface area contributed by atoms with E-state index in [1.807, 2.05) is 49.7 Å². The molecule has 0 bridgehead atoms. The molecular weight excluding hydrogens is 406 g/mol. The molecule has 3 aromatic rings. The number of benzene rings is 1. The zero-order valence-electron chi connectivity index (χ0n) is 18.5. The van der Waals surface area contributed by atoms with Crippen LogP contribution >= 0.6 is 0 Å². The summed E-state index contributed by atoms with van der Waals surface area (Å²) < 4.78 is 7.28. The van der Waals surface area contributed by atoms with Crippen LogP contribution in [0, 0.1) is 18.3 Å². The number of aryl methyl sites for hydroxylation is 1. The Morgan fingerprint density at radius 1 is 1.38 bits per heavy atom. The van der Waals surface area contributed by atoms with Crippen LogP contribution in [0.5, 0.6) is 0 Å². The van der Waals surface area contributed by atoms with Crippen molar-refractivity contribution in [3.63, 3.8) is 0 Å². The highest BCUT2D eigenvalue weighted by atomic mass is 16.5. The van der Waals surface area contributed by atoms with Gasteiger partial charge in [0, 0.05) is 36.4 Å². The Bertz CT molecular complexity index is 1170. The molecule has 0 fully saturated rings. The number of fused-ring (bicyclic) bond motifs is 1. The van der Waals surface area contributed by atoms with Gasteiger partial charge < -0.3 is 20.5 Å². The van der Waals surface area contributed by atoms with E-state index in [4.69, 9.17) is 4.74 Å². The highest BCUT2D eigenvalue weighted by Gasteiger charge is 2.35. The van der Waals surface area contributed by atoms with Crippen molar-refractivity contribution in [2.24, 2.45) is 0 Å². The van der Waals surface area contributed by atoms with Crippen LogP contribution in [-0.2, 0) is 16.7 Å². The lowest BCUT2D eigenvalue weighted by Gasteiger charge is -2.21. The van der Waals surface area contributed by atoms with E-state index in [0.29, 0.717) is 43.5 Å². The fourth-order valence-electron chi connectivity index (χ4n) is 3.87. The van der Waals surface area contributed by atoms with Crippen molar-refractivity contribution in [2.75, 3.05) is 37.0 Å². The Hall–Kier alpha value is -3.48. The van der Waals surface area contributed by atoms with Crippen LogP contribution < -0.4 is 10.6 Å². The fourth-order valence-corrected chi connectivity index (χ4v) is 3.87. The van der Waals surface area contributed by atoms with Gasteiger partial charge in [0.25, 0.3) is 0 Å². The van der Waals surface area contributed by atoms with Crippen LogP contribution in [0.15, 0.2) is 30.5 Å². The van der Waals surface area contributed by atoms with Gasteiger partial charge in [-0.25, -0.2) is 14.6 Å².